The van der Waals surface area contributed by atoms with Crippen LogP contribution in [0.5, 0.6) is 0 Å². The average Bonchev–Trinajstić information content (AvgIpc) is 3.68. The number of benzene rings is 2. The number of nitrogens with zero attached hydrogens (tertiary/aromatic N) is 5. The normalized spacial score (nSPS) is 16.9. The van der Waals surface area contributed by atoms with Crippen LogP contribution in [0.1, 0.15) is 75.7 Å². The number of halogens is 1. The molecular weight excluding hydrogens is 618 g/mol. The Morgan fingerprint density at radius 3 is 2.48 bits per heavy atom. The fraction of sp³-hybridized carbons (Fsp3) is 0.424. The molecule has 1 saturated carbocycles. The van der Waals surface area contributed by atoms with E-state index >= 15 is 4.39 Å². The molecular formula is C33H37FKN6O5. The summed E-state index contributed by atoms with van der Waals surface area (Å²) in [5.41, 5.74) is 2.37. The Labute approximate surface area is 307 Å². The minimum atomic E-state index is -0.899. The van der Waals surface area contributed by atoms with E-state index in [1.807, 2.05) is 13.0 Å². The molecule has 11 nitrogen and oxygen atoms in total. The van der Waals surface area contributed by atoms with Gasteiger partial charge in [-0.1, -0.05) is 54.9 Å². The predicted molar refractivity (Wildman–Crippen MR) is 171 cm³/mol. The van der Waals surface area contributed by atoms with Crippen LogP contribution in [0.2, 0.25) is 0 Å². The average molecular weight is 656 g/mol. The number of aromatic amines is 1. The largest absolute Gasteiger partial charge is 0.439 e. The summed E-state index contributed by atoms with van der Waals surface area (Å²) in [6.07, 6.45) is 6.11. The summed E-state index contributed by atoms with van der Waals surface area (Å²) in [7, 11) is 0. The molecule has 0 spiro atoms. The standard InChI is InChI=1S/C33H37FN6O5.K/c1-4-7-28-26(16-20-10-15-24(27(34)17-20)23-8-5-6-9-25(23)29-37-32(42)45-38-29)30(41)39(31-35-19-36-40(28)31)21-11-13-22(14-12-21)44-18-33(2,3)43;/h5-6,8-10,15,17,19,21-22,43H,4,7,11-14,16,18H2,1-3H3,(H,37,38,42);. The van der Waals surface area contributed by atoms with Crippen molar-refractivity contribution in [2.24, 2.45) is 0 Å². The van der Waals surface area contributed by atoms with Gasteiger partial charge in [-0.3, -0.25) is 18.9 Å². The Hall–Kier alpha value is -2.78. The number of aryl methyl sites for hydroxylation is 1. The summed E-state index contributed by atoms with van der Waals surface area (Å²) < 4.78 is 29.9. The number of fused-ring (bicyclic) bond motifs is 1. The maximum atomic E-state index is 15.8. The molecule has 5 aromatic rings. The van der Waals surface area contributed by atoms with Gasteiger partial charge in [-0.05, 0) is 63.1 Å². The zero-order valence-electron chi connectivity index (χ0n) is 26.6. The predicted octanol–water partition coefficient (Wildman–Crippen LogP) is 4.47. The zero-order valence-corrected chi connectivity index (χ0v) is 29.7. The Morgan fingerprint density at radius 2 is 1.83 bits per heavy atom. The van der Waals surface area contributed by atoms with Gasteiger partial charge in [-0.25, -0.2) is 13.7 Å². The van der Waals surface area contributed by atoms with Crippen molar-refractivity contribution in [3.05, 3.63) is 92.3 Å². The first kappa shape index (κ1) is 34.5. The van der Waals surface area contributed by atoms with Gasteiger partial charge in [0.1, 0.15) is 12.1 Å². The van der Waals surface area contributed by atoms with Crippen LogP contribution in [0.25, 0.3) is 28.3 Å². The first-order chi connectivity index (χ1) is 21.6. The Kier molecular flexibility index (Phi) is 10.9. The van der Waals surface area contributed by atoms with E-state index in [-0.39, 0.29) is 87.9 Å². The van der Waals surface area contributed by atoms with Gasteiger partial charge in [0.05, 0.1) is 24.0 Å². The van der Waals surface area contributed by atoms with Gasteiger partial charge < -0.3 is 9.84 Å². The minimum absolute atomic E-state index is 0. The molecule has 6 rings (SSSR count). The van der Waals surface area contributed by atoms with E-state index in [1.165, 1.54) is 12.4 Å². The third kappa shape index (κ3) is 7.35. The van der Waals surface area contributed by atoms with E-state index in [0.717, 1.165) is 37.8 Å². The van der Waals surface area contributed by atoms with Crippen LogP contribution in [-0.4, -0.2) is 104 Å². The second-order valence-corrected chi connectivity index (χ2v) is 12.4. The van der Waals surface area contributed by atoms with E-state index < -0.39 is 17.2 Å². The summed E-state index contributed by atoms with van der Waals surface area (Å²) in [6, 6.07) is 11.9. The van der Waals surface area contributed by atoms with Crippen molar-refractivity contribution in [3.63, 3.8) is 0 Å². The molecule has 0 amide bonds. The maximum absolute atomic E-state index is 15.8. The Morgan fingerprint density at radius 1 is 1.09 bits per heavy atom. The molecule has 237 valence electrons. The molecule has 0 atom stereocenters. The first-order valence-electron chi connectivity index (χ1n) is 15.4. The Bertz CT molecular complexity index is 1930. The number of ether oxygens (including phenoxy) is 1. The fourth-order valence-corrected chi connectivity index (χ4v) is 6.23. The van der Waals surface area contributed by atoms with Gasteiger partial charge in [0.2, 0.25) is 5.78 Å². The van der Waals surface area contributed by atoms with Gasteiger partial charge in [0.15, 0.2) is 5.82 Å². The van der Waals surface area contributed by atoms with Gasteiger partial charge in [-0.2, -0.15) is 10.1 Å². The van der Waals surface area contributed by atoms with Crippen LogP contribution in [0.15, 0.2) is 62.9 Å². The van der Waals surface area contributed by atoms with E-state index in [1.54, 1.807) is 53.3 Å². The summed E-state index contributed by atoms with van der Waals surface area (Å²) >= 11 is 0. The topological polar surface area (TPSA) is 141 Å². The third-order valence-corrected chi connectivity index (χ3v) is 8.32. The summed E-state index contributed by atoms with van der Waals surface area (Å²) in [5, 5.41) is 18.3. The van der Waals surface area contributed by atoms with Crippen molar-refractivity contribution in [1.82, 2.24) is 29.3 Å². The number of aliphatic hydroxyl groups is 1. The molecule has 0 bridgehead atoms. The van der Waals surface area contributed by atoms with Gasteiger partial charge in [0.25, 0.3) is 5.56 Å². The van der Waals surface area contributed by atoms with Crippen LogP contribution < -0.4 is 11.3 Å². The van der Waals surface area contributed by atoms with Crippen molar-refractivity contribution in [1.29, 1.82) is 0 Å². The molecule has 3 heterocycles. The quantitative estimate of drug-likeness (QED) is 0.210. The molecule has 1 aliphatic rings. The number of hydrogen-bond donors (Lipinski definition) is 2. The minimum Gasteiger partial charge on any atom is -0.388 e. The van der Waals surface area contributed by atoms with E-state index in [4.69, 9.17) is 4.74 Å². The van der Waals surface area contributed by atoms with E-state index in [2.05, 4.69) is 24.7 Å². The van der Waals surface area contributed by atoms with Crippen molar-refractivity contribution >= 4 is 57.2 Å². The number of rotatable bonds is 10. The summed E-state index contributed by atoms with van der Waals surface area (Å²) in [4.78, 5) is 32.8. The van der Waals surface area contributed by atoms with Crippen LogP contribution in [-0.2, 0) is 17.6 Å². The summed E-state index contributed by atoms with van der Waals surface area (Å²) in [6.45, 7) is 5.74. The van der Waals surface area contributed by atoms with E-state index in [0.29, 0.717) is 40.0 Å². The van der Waals surface area contributed by atoms with E-state index in [9.17, 15) is 14.7 Å². The number of H-pyrrole nitrogens is 1. The summed E-state index contributed by atoms with van der Waals surface area (Å²) in [5.74, 6) is -0.435. The maximum Gasteiger partial charge on any atom is 0.439 e. The van der Waals surface area contributed by atoms with Crippen molar-refractivity contribution in [3.8, 4) is 22.5 Å². The molecule has 2 N–H and O–H groups in total. The smallest absolute Gasteiger partial charge is 0.388 e. The zero-order chi connectivity index (χ0) is 31.7. The number of aromatic nitrogens is 6. The molecule has 2 aromatic carbocycles. The van der Waals surface area contributed by atoms with Crippen LogP contribution in [0.4, 0.5) is 4.39 Å². The second-order valence-electron chi connectivity index (χ2n) is 12.4. The molecule has 1 aliphatic carbocycles. The van der Waals surface area contributed by atoms with Crippen LogP contribution in [0.3, 0.4) is 0 Å². The van der Waals surface area contributed by atoms with Crippen LogP contribution >= 0.6 is 0 Å². The molecule has 1 fully saturated rings. The molecule has 0 unspecified atom stereocenters. The monoisotopic (exact) mass is 655 g/mol. The third-order valence-electron chi connectivity index (χ3n) is 8.32. The van der Waals surface area contributed by atoms with Gasteiger partial charge >= 0.3 is 5.76 Å². The van der Waals surface area contributed by atoms with Crippen molar-refractivity contribution in [2.45, 2.75) is 83.5 Å². The molecule has 13 heteroatoms. The molecule has 1 radical (unpaired) electrons. The van der Waals surface area contributed by atoms with Gasteiger partial charge in [-0.15, -0.1) is 0 Å². The van der Waals surface area contributed by atoms with Gasteiger partial charge in [0, 0.05) is 80.5 Å². The molecule has 3 aromatic heterocycles. The van der Waals surface area contributed by atoms with Crippen molar-refractivity contribution < 1.29 is 18.8 Å². The SMILES string of the molecule is CCCc1c(Cc2ccc(-c3ccccc3-c3noc(=O)[nH]3)c(F)c2)c(=O)n(C2CCC(OCC(C)(C)O)CC2)c2ncnn12.[K]. The second kappa shape index (κ2) is 14.5. The molecule has 0 aliphatic heterocycles. The molecule has 46 heavy (non-hydrogen) atoms. The number of hydrogen-bond acceptors (Lipinski definition) is 8. The fourth-order valence-electron chi connectivity index (χ4n) is 6.23. The van der Waals surface area contributed by atoms with Crippen molar-refractivity contribution in [2.75, 3.05) is 6.61 Å². The van der Waals surface area contributed by atoms with Crippen LogP contribution in [0, 0.1) is 5.82 Å². The number of nitrogens with one attached hydrogen (secondary N) is 1. The first-order valence-corrected chi connectivity index (χ1v) is 15.4. The molecule has 0 saturated heterocycles. The Balaban J connectivity index is 0.00000417.